The minimum atomic E-state index is -0.308. The maximum Gasteiger partial charge on any atom is 0.270 e. The first-order chi connectivity index (χ1) is 14.1. The first kappa shape index (κ1) is 19.7. The Morgan fingerprint density at radius 1 is 1.07 bits per heavy atom. The van der Waals surface area contributed by atoms with E-state index in [9.17, 15) is 10.1 Å². The number of methoxy groups -OCH3 is 2. The van der Waals surface area contributed by atoms with E-state index in [1.54, 1.807) is 56.8 Å². The van der Waals surface area contributed by atoms with Gasteiger partial charge in [-0.3, -0.25) is 9.78 Å². The summed E-state index contributed by atoms with van der Waals surface area (Å²) < 4.78 is 10.5. The molecule has 3 rings (SSSR count). The van der Waals surface area contributed by atoms with E-state index in [4.69, 9.17) is 9.47 Å². The molecule has 2 N–H and O–H groups in total. The van der Waals surface area contributed by atoms with Gasteiger partial charge in [-0.05, 0) is 42.0 Å². The van der Waals surface area contributed by atoms with Crippen LogP contribution in [-0.4, -0.2) is 25.1 Å². The zero-order valence-corrected chi connectivity index (χ0v) is 16.1. The highest BCUT2D eigenvalue weighted by Crippen LogP contribution is 2.27. The second kappa shape index (κ2) is 9.24. The molecule has 2 aromatic carbocycles. The second-order valence-electron chi connectivity index (χ2n) is 6.08. The van der Waals surface area contributed by atoms with Gasteiger partial charge in [-0.15, -0.1) is 0 Å². The summed E-state index contributed by atoms with van der Waals surface area (Å²) in [4.78, 5) is 16.6. The third-order valence-electron chi connectivity index (χ3n) is 4.22. The van der Waals surface area contributed by atoms with Gasteiger partial charge in [0.25, 0.3) is 5.91 Å². The Morgan fingerprint density at radius 3 is 2.62 bits per heavy atom. The van der Waals surface area contributed by atoms with Crippen molar-refractivity contribution in [2.24, 2.45) is 0 Å². The summed E-state index contributed by atoms with van der Waals surface area (Å²) in [6, 6.07) is 18.1. The van der Waals surface area contributed by atoms with Crippen LogP contribution in [0.1, 0.15) is 21.6 Å². The van der Waals surface area contributed by atoms with Gasteiger partial charge in [0.2, 0.25) is 0 Å². The van der Waals surface area contributed by atoms with E-state index in [-0.39, 0.29) is 11.6 Å². The lowest BCUT2D eigenvalue weighted by atomic mass is 10.2. The summed E-state index contributed by atoms with van der Waals surface area (Å²) in [5.41, 5.74) is 2.98. The monoisotopic (exact) mass is 388 g/mol. The van der Waals surface area contributed by atoms with Gasteiger partial charge in [0.1, 0.15) is 11.8 Å². The minimum Gasteiger partial charge on any atom is -0.493 e. The molecule has 146 valence electrons. The molecule has 0 bridgehead atoms. The van der Waals surface area contributed by atoms with Crippen LogP contribution in [0.25, 0.3) is 0 Å². The zero-order chi connectivity index (χ0) is 20.6. The Kier molecular flexibility index (Phi) is 6.28. The van der Waals surface area contributed by atoms with Crippen LogP contribution in [0, 0.1) is 11.3 Å². The smallest absolute Gasteiger partial charge is 0.270 e. The van der Waals surface area contributed by atoms with E-state index in [0.29, 0.717) is 35.0 Å². The Bertz CT molecular complexity index is 1060. The van der Waals surface area contributed by atoms with Gasteiger partial charge in [-0.2, -0.15) is 5.26 Å². The highest BCUT2D eigenvalue weighted by atomic mass is 16.5. The number of nitrogens with zero attached hydrogens (tertiary/aromatic N) is 2. The Hall–Kier alpha value is -4.05. The average molecular weight is 388 g/mol. The molecule has 0 fully saturated rings. The van der Waals surface area contributed by atoms with E-state index >= 15 is 0 Å². The van der Waals surface area contributed by atoms with Crippen LogP contribution in [0.4, 0.5) is 11.4 Å². The molecular weight excluding hydrogens is 368 g/mol. The molecule has 7 heteroatoms. The first-order valence-corrected chi connectivity index (χ1v) is 8.86. The number of aromatic nitrogens is 1. The first-order valence-electron chi connectivity index (χ1n) is 8.86. The van der Waals surface area contributed by atoms with E-state index in [2.05, 4.69) is 21.7 Å². The third kappa shape index (κ3) is 4.82. The van der Waals surface area contributed by atoms with Gasteiger partial charge in [0, 0.05) is 18.4 Å². The molecule has 0 atom stereocenters. The van der Waals surface area contributed by atoms with Crippen LogP contribution in [0.15, 0.2) is 60.8 Å². The number of carbonyl (C=O) groups excluding carboxylic acids is 1. The second-order valence-corrected chi connectivity index (χ2v) is 6.08. The van der Waals surface area contributed by atoms with Gasteiger partial charge < -0.3 is 20.1 Å². The van der Waals surface area contributed by atoms with Crippen molar-refractivity contribution in [3.63, 3.8) is 0 Å². The largest absolute Gasteiger partial charge is 0.493 e. The van der Waals surface area contributed by atoms with Crippen LogP contribution in [0.2, 0.25) is 0 Å². The van der Waals surface area contributed by atoms with E-state index in [0.717, 1.165) is 5.56 Å². The predicted octanol–water partition coefficient (Wildman–Crippen LogP) is 3.64. The molecule has 0 saturated carbocycles. The fourth-order valence-electron chi connectivity index (χ4n) is 2.74. The predicted molar refractivity (Wildman–Crippen MR) is 109 cm³/mol. The molecule has 0 aliphatic carbocycles. The molecule has 3 aromatic rings. The minimum absolute atomic E-state index is 0.268. The molecule has 0 radical (unpaired) electrons. The third-order valence-corrected chi connectivity index (χ3v) is 4.22. The lowest BCUT2D eigenvalue weighted by Crippen LogP contribution is -2.23. The standard InChI is InChI=1S/C22H20N4O3/c1-28-20-8-7-15(11-21(20)29-2)14-25-22(27)19-12-17(9-10-24-19)26-18-6-4-3-5-16(18)13-23/h3-12H,14H2,1-2H3,(H,24,26)(H,25,27). The SMILES string of the molecule is COc1ccc(CNC(=O)c2cc(Nc3ccccc3C#N)ccn2)cc1OC. The van der Waals surface area contributed by atoms with Gasteiger partial charge in [-0.25, -0.2) is 0 Å². The fraction of sp³-hybridized carbons (Fsp3) is 0.136. The van der Waals surface area contributed by atoms with E-state index in [1.807, 2.05) is 18.2 Å². The van der Waals surface area contributed by atoms with Crippen LogP contribution in [0.5, 0.6) is 11.5 Å². The summed E-state index contributed by atoms with van der Waals surface area (Å²) in [6.45, 7) is 0.315. The number of nitriles is 1. The molecule has 1 heterocycles. The normalized spacial score (nSPS) is 9.97. The molecule has 7 nitrogen and oxygen atoms in total. The molecule has 1 amide bonds. The number of benzene rings is 2. The van der Waals surface area contributed by atoms with Gasteiger partial charge in [-0.1, -0.05) is 18.2 Å². The number of ether oxygens (including phenoxy) is 2. The van der Waals surface area contributed by atoms with Crippen molar-refractivity contribution in [3.05, 3.63) is 77.6 Å². The molecule has 0 aliphatic heterocycles. The number of rotatable bonds is 7. The molecule has 0 saturated heterocycles. The Balaban J connectivity index is 1.69. The lowest BCUT2D eigenvalue weighted by molar-refractivity contribution is 0.0946. The van der Waals surface area contributed by atoms with Crippen molar-refractivity contribution < 1.29 is 14.3 Å². The molecule has 29 heavy (non-hydrogen) atoms. The molecule has 0 unspecified atom stereocenters. The number of hydrogen-bond donors (Lipinski definition) is 2. The zero-order valence-electron chi connectivity index (χ0n) is 16.1. The summed E-state index contributed by atoms with van der Waals surface area (Å²) in [5, 5.41) is 15.2. The number of nitrogens with one attached hydrogen (secondary N) is 2. The Labute approximate surface area is 168 Å². The van der Waals surface area contributed by atoms with Crippen LogP contribution >= 0.6 is 0 Å². The van der Waals surface area contributed by atoms with Crippen molar-refractivity contribution in [1.29, 1.82) is 5.26 Å². The van der Waals surface area contributed by atoms with Gasteiger partial charge >= 0.3 is 0 Å². The van der Waals surface area contributed by atoms with Crippen molar-refractivity contribution in [2.75, 3.05) is 19.5 Å². The van der Waals surface area contributed by atoms with Crippen LogP contribution < -0.4 is 20.1 Å². The number of pyridine rings is 1. The number of anilines is 2. The molecular formula is C22H20N4O3. The summed E-state index contributed by atoms with van der Waals surface area (Å²) >= 11 is 0. The topological polar surface area (TPSA) is 96.3 Å². The van der Waals surface area contributed by atoms with Crippen molar-refractivity contribution >= 4 is 17.3 Å². The Morgan fingerprint density at radius 2 is 1.86 bits per heavy atom. The average Bonchev–Trinajstić information content (AvgIpc) is 2.77. The lowest BCUT2D eigenvalue weighted by Gasteiger charge is -2.11. The highest BCUT2D eigenvalue weighted by Gasteiger charge is 2.10. The van der Waals surface area contributed by atoms with Crippen LogP contribution in [-0.2, 0) is 6.54 Å². The number of para-hydroxylation sites is 1. The highest BCUT2D eigenvalue weighted by molar-refractivity contribution is 5.93. The quantitative estimate of drug-likeness (QED) is 0.641. The fourth-order valence-corrected chi connectivity index (χ4v) is 2.74. The van der Waals surface area contributed by atoms with E-state index in [1.165, 1.54) is 0 Å². The van der Waals surface area contributed by atoms with Crippen molar-refractivity contribution in [3.8, 4) is 17.6 Å². The maximum absolute atomic E-state index is 12.5. The maximum atomic E-state index is 12.5. The summed E-state index contributed by atoms with van der Waals surface area (Å²) in [7, 11) is 3.13. The number of hydrogen-bond acceptors (Lipinski definition) is 6. The summed E-state index contributed by atoms with van der Waals surface area (Å²) in [5.74, 6) is 0.914. The van der Waals surface area contributed by atoms with Crippen molar-refractivity contribution in [2.45, 2.75) is 6.54 Å². The molecule has 1 aromatic heterocycles. The van der Waals surface area contributed by atoms with Gasteiger partial charge in [0.15, 0.2) is 11.5 Å². The van der Waals surface area contributed by atoms with E-state index < -0.39 is 0 Å². The number of amides is 1. The molecule has 0 aliphatic rings. The number of carbonyl (C=O) groups is 1. The van der Waals surface area contributed by atoms with Crippen LogP contribution in [0.3, 0.4) is 0 Å². The van der Waals surface area contributed by atoms with Crippen molar-refractivity contribution in [1.82, 2.24) is 10.3 Å². The molecule has 0 spiro atoms. The summed E-state index contributed by atoms with van der Waals surface area (Å²) in [6.07, 6.45) is 1.54. The van der Waals surface area contributed by atoms with Gasteiger partial charge in [0.05, 0.1) is 25.5 Å².